The Balaban J connectivity index is 0.000000336. The highest BCUT2D eigenvalue weighted by Gasteiger charge is 2.11. The molecule has 86 valence electrons. The van der Waals surface area contributed by atoms with Gasteiger partial charge >= 0.3 is 0 Å². The minimum atomic E-state index is 0.500. The van der Waals surface area contributed by atoms with Crippen LogP contribution in [0.1, 0.15) is 41.0 Å². The summed E-state index contributed by atoms with van der Waals surface area (Å²) in [6.07, 6.45) is 6.81. The lowest BCUT2D eigenvalue weighted by atomic mass is 10.0. The molecule has 0 atom stereocenters. The van der Waals surface area contributed by atoms with E-state index in [4.69, 9.17) is 4.74 Å². The fraction of sp³-hybridized carbons (Fsp3) is 0.571. The highest BCUT2D eigenvalue weighted by Crippen LogP contribution is 2.22. The molecule has 1 rings (SSSR count). The number of allylic oxidation sites excluding steroid dienone is 4. The van der Waals surface area contributed by atoms with Crippen LogP contribution >= 0.6 is 0 Å². The zero-order chi connectivity index (χ0) is 11.9. The Morgan fingerprint density at radius 1 is 1.27 bits per heavy atom. The highest BCUT2D eigenvalue weighted by atomic mass is 16.5. The van der Waals surface area contributed by atoms with Crippen LogP contribution in [0.3, 0.4) is 0 Å². The fourth-order valence-corrected chi connectivity index (χ4v) is 1.06. The fourth-order valence-electron chi connectivity index (χ4n) is 1.06. The molecule has 1 nitrogen and oxygen atoms in total. The number of hydrogen-bond donors (Lipinski definition) is 0. The molecule has 1 aliphatic rings. The van der Waals surface area contributed by atoms with Gasteiger partial charge in [-0.3, -0.25) is 0 Å². The summed E-state index contributed by atoms with van der Waals surface area (Å²) >= 11 is 0. The first-order valence-corrected chi connectivity index (χ1v) is 5.49. The topological polar surface area (TPSA) is 9.23 Å². The molecule has 0 N–H and O–H groups in total. The van der Waals surface area contributed by atoms with E-state index in [1.54, 1.807) is 6.08 Å². The van der Waals surface area contributed by atoms with Gasteiger partial charge in [0.1, 0.15) is 5.76 Å². The zero-order valence-electron chi connectivity index (χ0n) is 10.8. The standard InChI is InChI=1S/C9H12O.C5H12/c1-3-5-8-6-7-10-9(8)4-2;1-5(2,3)4/h3-5H,1,6-7H2,2H3;1-4H3/b8-5-,9-4+;. The van der Waals surface area contributed by atoms with E-state index in [0.717, 1.165) is 18.8 Å². The van der Waals surface area contributed by atoms with Gasteiger partial charge < -0.3 is 4.74 Å². The summed E-state index contributed by atoms with van der Waals surface area (Å²) in [4.78, 5) is 0. The second-order valence-electron chi connectivity index (χ2n) is 5.18. The predicted molar refractivity (Wildman–Crippen MR) is 67.7 cm³/mol. The van der Waals surface area contributed by atoms with Crippen molar-refractivity contribution >= 4 is 0 Å². The summed E-state index contributed by atoms with van der Waals surface area (Å²) in [6, 6.07) is 0. The van der Waals surface area contributed by atoms with Crippen LogP contribution in [0.15, 0.2) is 36.1 Å². The third-order valence-corrected chi connectivity index (χ3v) is 1.53. The van der Waals surface area contributed by atoms with Crippen LogP contribution in [0.5, 0.6) is 0 Å². The summed E-state index contributed by atoms with van der Waals surface area (Å²) < 4.78 is 5.31. The molecule has 0 bridgehead atoms. The molecular formula is C14H24O. The van der Waals surface area contributed by atoms with Crippen LogP contribution < -0.4 is 0 Å². The van der Waals surface area contributed by atoms with Crippen molar-refractivity contribution in [3.8, 4) is 0 Å². The van der Waals surface area contributed by atoms with E-state index in [9.17, 15) is 0 Å². The number of rotatable bonds is 1. The van der Waals surface area contributed by atoms with E-state index in [0.29, 0.717) is 5.41 Å². The van der Waals surface area contributed by atoms with Gasteiger partial charge in [-0.25, -0.2) is 0 Å². The number of hydrogen-bond acceptors (Lipinski definition) is 1. The molecule has 0 aromatic rings. The van der Waals surface area contributed by atoms with Crippen molar-refractivity contribution in [3.05, 3.63) is 36.1 Å². The van der Waals surface area contributed by atoms with Crippen molar-refractivity contribution in [2.24, 2.45) is 5.41 Å². The average molecular weight is 208 g/mol. The first kappa shape index (κ1) is 14.0. The van der Waals surface area contributed by atoms with Gasteiger partial charge in [0.15, 0.2) is 0 Å². The Morgan fingerprint density at radius 2 is 1.80 bits per heavy atom. The Bertz CT molecular complexity index is 245. The van der Waals surface area contributed by atoms with E-state index < -0.39 is 0 Å². The molecule has 0 amide bonds. The summed E-state index contributed by atoms with van der Waals surface area (Å²) in [5.41, 5.74) is 1.76. The lowest BCUT2D eigenvalue weighted by Gasteiger charge is -2.05. The molecule has 0 spiro atoms. The minimum Gasteiger partial charge on any atom is -0.493 e. The summed E-state index contributed by atoms with van der Waals surface area (Å²) in [5, 5.41) is 0. The zero-order valence-corrected chi connectivity index (χ0v) is 10.8. The van der Waals surface area contributed by atoms with Gasteiger partial charge in [-0.2, -0.15) is 0 Å². The van der Waals surface area contributed by atoms with Crippen molar-refractivity contribution < 1.29 is 4.74 Å². The lowest BCUT2D eigenvalue weighted by Crippen LogP contribution is -1.93. The maximum Gasteiger partial charge on any atom is 0.118 e. The molecule has 1 heteroatoms. The molecule has 0 aliphatic carbocycles. The molecule has 0 saturated carbocycles. The normalized spacial score (nSPS) is 20.9. The highest BCUT2D eigenvalue weighted by molar-refractivity contribution is 5.31. The molecule has 1 fully saturated rings. The quantitative estimate of drug-likeness (QED) is 0.617. The molecule has 15 heavy (non-hydrogen) atoms. The van der Waals surface area contributed by atoms with Crippen molar-refractivity contribution in [1.29, 1.82) is 0 Å². The van der Waals surface area contributed by atoms with E-state index in [1.807, 2.05) is 19.1 Å². The van der Waals surface area contributed by atoms with Crippen LogP contribution in [-0.4, -0.2) is 6.61 Å². The Kier molecular flexibility index (Phi) is 6.07. The first-order valence-electron chi connectivity index (χ1n) is 5.49. The summed E-state index contributed by atoms with van der Waals surface area (Å²) in [6.45, 7) is 15.2. The van der Waals surface area contributed by atoms with Crippen molar-refractivity contribution in [1.82, 2.24) is 0 Å². The predicted octanol–water partition coefficient (Wildman–Crippen LogP) is 4.48. The van der Waals surface area contributed by atoms with Crippen LogP contribution in [0.25, 0.3) is 0 Å². The maximum absolute atomic E-state index is 5.31. The van der Waals surface area contributed by atoms with Gasteiger partial charge in [0.05, 0.1) is 6.61 Å². The smallest absolute Gasteiger partial charge is 0.118 e. The van der Waals surface area contributed by atoms with E-state index in [2.05, 4.69) is 34.3 Å². The lowest BCUT2D eigenvalue weighted by molar-refractivity contribution is 0.265. The van der Waals surface area contributed by atoms with Gasteiger partial charge in [-0.05, 0) is 24.0 Å². The van der Waals surface area contributed by atoms with Crippen molar-refractivity contribution in [2.75, 3.05) is 6.61 Å². The Hall–Kier alpha value is -0.980. The van der Waals surface area contributed by atoms with Crippen molar-refractivity contribution in [2.45, 2.75) is 41.0 Å². The van der Waals surface area contributed by atoms with Crippen molar-refractivity contribution in [3.63, 3.8) is 0 Å². The van der Waals surface area contributed by atoms with Gasteiger partial charge in [0.2, 0.25) is 0 Å². The average Bonchev–Trinajstić information content (AvgIpc) is 2.49. The molecule has 0 unspecified atom stereocenters. The Labute approximate surface area is 94.5 Å². The Morgan fingerprint density at radius 3 is 2.20 bits per heavy atom. The molecule has 1 saturated heterocycles. The van der Waals surface area contributed by atoms with Crippen LogP contribution in [0.2, 0.25) is 0 Å². The number of ether oxygens (including phenoxy) is 1. The van der Waals surface area contributed by atoms with Gasteiger partial charge in [-0.1, -0.05) is 46.4 Å². The maximum atomic E-state index is 5.31. The largest absolute Gasteiger partial charge is 0.493 e. The van der Waals surface area contributed by atoms with Crippen LogP contribution in [0.4, 0.5) is 0 Å². The third kappa shape index (κ3) is 8.04. The van der Waals surface area contributed by atoms with E-state index in [-0.39, 0.29) is 0 Å². The van der Waals surface area contributed by atoms with Gasteiger partial charge in [0.25, 0.3) is 0 Å². The molecule has 1 aliphatic heterocycles. The molecule has 0 aromatic carbocycles. The SMILES string of the molecule is C=C/C=C1/CCO/C1=C/C.CC(C)(C)C. The molecule has 0 aromatic heterocycles. The molecular weight excluding hydrogens is 184 g/mol. The first-order chi connectivity index (χ1) is 6.88. The third-order valence-electron chi connectivity index (χ3n) is 1.53. The van der Waals surface area contributed by atoms with Gasteiger partial charge in [-0.15, -0.1) is 0 Å². The van der Waals surface area contributed by atoms with E-state index >= 15 is 0 Å². The monoisotopic (exact) mass is 208 g/mol. The van der Waals surface area contributed by atoms with Gasteiger partial charge in [0, 0.05) is 6.42 Å². The molecule has 0 radical (unpaired) electrons. The second kappa shape index (κ2) is 6.49. The van der Waals surface area contributed by atoms with Crippen LogP contribution in [0, 0.1) is 5.41 Å². The molecule has 1 heterocycles. The van der Waals surface area contributed by atoms with E-state index in [1.165, 1.54) is 5.57 Å². The summed E-state index contributed by atoms with van der Waals surface area (Å²) in [5.74, 6) is 1.01. The minimum absolute atomic E-state index is 0.500. The van der Waals surface area contributed by atoms with Crippen LogP contribution in [-0.2, 0) is 4.74 Å². The summed E-state index contributed by atoms with van der Waals surface area (Å²) in [7, 11) is 0. The second-order valence-corrected chi connectivity index (χ2v) is 5.18.